The van der Waals surface area contributed by atoms with Crippen LogP contribution in [0, 0.1) is 5.82 Å². The van der Waals surface area contributed by atoms with Crippen molar-refractivity contribution in [2.45, 2.75) is 6.54 Å². The first-order valence-electron chi connectivity index (χ1n) is 5.97. The van der Waals surface area contributed by atoms with E-state index in [0.29, 0.717) is 17.3 Å². The summed E-state index contributed by atoms with van der Waals surface area (Å²) in [5.74, 6) is 0.274. The number of rotatable bonds is 5. The van der Waals surface area contributed by atoms with Gasteiger partial charge in [0.05, 0.1) is 12.2 Å². The molecule has 2 aromatic rings. The number of aromatic nitrogens is 1. The minimum Gasteiger partial charge on any atom is -0.439 e. The smallest absolute Gasteiger partial charge is 0.243 e. The van der Waals surface area contributed by atoms with Crippen molar-refractivity contribution in [3.05, 3.63) is 66.6 Å². The summed E-state index contributed by atoms with van der Waals surface area (Å²) in [5, 5.41) is 2.62. The molecule has 5 heteroatoms. The molecule has 1 heterocycles. The van der Waals surface area contributed by atoms with E-state index in [-0.39, 0.29) is 18.3 Å². The number of nitrogens with zero attached hydrogens (tertiary/aromatic N) is 1. The topological polar surface area (TPSA) is 51.2 Å². The zero-order valence-corrected chi connectivity index (χ0v) is 10.7. The van der Waals surface area contributed by atoms with Gasteiger partial charge in [-0.05, 0) is 36.4 Å². The number of hydrogen-bond donors (Lipinski definition) is 1. The third kappa shape index (κ3) is 3.91. The molecule has 0 aliphatic carbocycles. The quantitative estimate of drug-likeness (QED) is 0.851. The first-order valence-corrected chi connectivity index (χ1v) is 5.97. The van der Waals surface area contributed by atoms with Crippen LogP contribution >= 0.6 is 0 Å². The molecule has 0 aliphatic heterocycles. The predicted molar refractivity (Wildman–Crippen MR) is 72.8 cm³/mol. The van der Waals surface area contributed by atoms with Crippen LogP contribution in [0.2, 0.25) is 0 Å². The van der Waals surface area contributed by atoms with Crippen molar-refractivity contribution in [2.24, 2.45) is 0 Å². The van der Waals surface area contributed by atoms with Crippen LogP contribution in [0.5, 0.6) is 11.6 Å². The first-order chi connectivity index (χ1) is 9.67. The molecule has 0 bridgehead atoms. The fraction of sp³-hybridized carbons (Fsp3) is 0.0667. The van der Waals surface area contributed by atoms with Crippen molar-refractivity contribution >= 4 is 5.91 Å². The van der Waals surface area contributed by atoms with E-state index in [0.717, 1.165) is 0 Å². The summed E-state index contributed by atoms with van der Waals surface area (Å²) in [7, 11) is 0. The Morgan fingerprint density at radius 1 is 1.30 bits per heavy atom. The number of ether oxygens (including phenoxy) is 1. The van der Waals surface area contributed by atoms with E-state index >= 15 is 0 Å². The standard InChI is InChI=1S/C15H13FN2O2/c1-2-14(19)17-10-12-4-3-5-15(18-12)20-13-8-6-11(16)7-9-13/h2-9H,1,10H2,(H,17,19). The largest absolute Gasteiger partial charge is 0.439 e. The maximum Gasteiger partial charge on any atom is 0.243 e. The van der Waals surface area contributed by atoms with Crippen molar-refractivity contribution in [1.29, 1.82) is 0 Å². The Kier molecular flexibility index (Phi) is 4.44. The Balaban J connectivity index is 2.03. The van der Waals surface area contributed by atoms with Crippen LogP contribution in [0.25, 0.3) is 0 Å². The number of benzene rings is 1. The average Bonchev–Trinajstić information content (AvgIpc) is 2.47. The lowest BCUT2D eigenvalue weighted by atomic mass is 10.3. The fourth-order valence-corrected chi connectivity index (χ4v) is 1.49. The molecular weight excluding hydrogens is 259 g/mol. The van der Waals surface area contributed by atoms with Crippen molar-refractivity contribution < 1.29 is 13.9 Å². The second-order valence-corrected chi connectivity index (χ2v) is 3.95. The van der Waals surface area contributed by atoms with Gasteiger partial charge in [-0.15, -0.1) is 0 Å². The van der Waals surface area contributed by atoms with Gasteiger partial charge in [0, 0.05) is 6.07 Å². The molecule has 0 fully saturated rings. The van der Waals surface area contributed by atoms with Crippen molar-refractivity contribution in [1.82, 2.24) is 10.3 Å². The van der Waals surface area contributed by atoms with Gasteiger partial charge < -0.3 is 10.1 Å². The molecule has 0 spiro atoms. The van der Waals surface area contributed by atoms with Gasteiger partial charge in [-0.1, -0.05) is 12.6 Å². The van der Waals surface area contributed by atoms with Crippen LogP contribution in [0.15, 0.2) is 55.1 Å². The third-order valence-electron chi connectivity index (χ3n) is 2.45. The molecule has 0 radical (unpaired) electrons. The van der Waals surface area contributed by atoms with Crippen LogP contribution in [-0.2, 0) is 11.3 Å². The molecule has 1 aromatic heterocycles. The molecule has 1 amide bonds. The molecule has 4 nitrogen and oxygen atoms in total. The van der Waals surface area contributed by atoms with Crippen LogP contribution < -0.4 is 10.1 Å². The number of carbonyl (C=O) groups excluding carboxylic acids is 1. The molecule has 1 aromatic carbocycles. The minimum atomic E-state index is -0.328. The lowest BCUT2D eigenvalue weighted by molar-refractivity contribution is -0.116. The van der Waals surface area contributed by atoms with E-state index in [4.69, 9.17) is 4.74 Å². The lowest BCUT2D eigenvalue weighted by Gasteiger charge is -2.07. The number of halogens is 1. The summed E-state index contributed by atoms with van der Waals surface area (Å²) in [4.78, 5) is 15.3. The summed E-state index contributed by atoms with van der Waals surface area (Å²) >= 11 is 0. The van der Waals surface area contributed by atoms with Gasteiger partial charge in [0.2, 0.25) is 11.8 Å². The molecule has 0 unspecified atom stereocenters. The predicted octanol–water partition coefficient (Wildman–Crippen LogP) is 2.82. The van der Waals surface area contributed by atoms with Gasteiger partial charge in [-0.25, -0.2) is 9.37 Å². The van der Waals surface area contributed by atoms with E-state index < -0.39 is 0 Å². The van der Waals surface area contributed by atoms with E-state index in [1.807, 2.05) is 0 Å². The highest BCUT2D eigenvalue weighted by atomic mass is 19.1. The summed E-state index contributed by atoms with van der Waals surface area (Å²) in [6.45, 7) is 3.65. The van der Waals surface area contributed by atoms with E-state index in [1.165, 1.54) is 30.3 Å². The van der Waals surface area contributed by atoms with Crippen molar-refractivity contribution in [3.63, 3.8) is 0 Å². The number of carbonyl (C=O) groups is 1. The van der Waals surface area contributed by atoms with Gasteiger partial charge in [0.1, 0.15) is 11.6 Å². The highest BCUT2D eigenvalue weighted by Crippen LogP contribution is 2.19. The maximum absolute atomic E-state index is 12.8. The summed E-state index contributed by atoms with van der Waals surface area (Å²) in [6.07, 6.45) is 1.19. The molecule has 102 valence electrons. The summed E-state index contributed by atoms with van der Waals surface area (Å²) < 4.78 is 18.3. The molecule has 0 saturated carbocycles. The Morgan fingerprint density at radius 2 is 2.05 bits per heavy atom. The van der Waals surface area contributed by atoms with E-state index in [1.54, 1.807) is 18.2 Å². The van der Waals surface area contributed by atoms with E-state index in [2.05, 4.69) is 16.9 Å². The van der Waals surface area contributed by atoms with Crippen LogP contribution in [0.4, 0.5) is 4.39 Å². The molecule has 0 aliphatic rings. The van der Waals surface area contributed by atoms with Crippen LogP contribution in [0.1, 0.15) is 5.69 Å². The number of hydrogen-bond acceptors (Lipinski definition) is 3. The maximum atomic E-state index is 12.8. The Morgan fingerprint density at radius 3 is 2.75 bits per heavy atom. The zero-order valence-electron chi connectivity index (χ0n) is 10.7. The highest BCUT2D eigenvalue weighted by Gasteiger charge is 2.02. The van der Waals surface area contributed by atoms with E-state index in [9.17, 15) is 9.18 Å². The molecule has 20 heavy (non-hydrogen) atoms. The number of pyridine rings is 1. The molecule has 0 saturated heterocycles. The second-order valence-electron chi connectivity index (χ2n) is 3.95. The monoisotopic (exact) mass is 272 g/mol. The van der Waals surface area contributed by atoms with Crippen molar-refractivity contribution in [2.75, 3.05) is 0 Å². The third-order valence-corrected chi connectivity index (χ3v) is 2.45. The molecule has 1 N–H and O–H groups in total. The van der Waals surface area contributed by atoms with Gasteiger partial charge in [0.15, 0.2) is 0 Å². The van der Waals surface area contributed by atoms with Gasteiger partial charge in [0.25, 0.3) is 0 Å². The minimum absolute atomic E-state index is 0.267. The number of amides is 1. The van der Waals surface area contributed by atoms with Gasteiger partial charge in [-0.2, -0.15) is 0 Å². The summed E-state index contributed by atoms with van der Waals surface area (Å²) in [6, 6.07) is 10.9. The second kappa shape index (κ2) is 6.47. The van der Waals surface area contributed by atoms with Crippen molar-refractivity contribution in [3.8, 4) is 11.6 Å². The zero-order chi connectivity index (χ0) is 14.4. The Bertz CT molecular complexity index is 612. The normalized spacial score (nSPS) is 9.85. The summed E-state index contributed by atoms with van der Waals surface area (Å²) in [5.41, 5.74) is 0.653. The van der Waals surface area contributed by atoms with Gasteiger partial charge in [-0.3, -0.25) is 4.79 Å². The van der Waals surface area contributed by atoms with Gasteiger partial charge >= 0.3 is 0 Å². The Hall–Kier alpha value is -2.69. The number of nitrogens with one attached hydrogen (secondary N) is 1. The molecule has 2 rings (SSSR count). The first kappa shape index (κ1) is 13.7. The fourth-order valence-electron chi connectivity index (χ4n) is 1.49. The lowest BCUT2D eigenvalue weighted by Crippen LogP contribution is -2.20. The SMILES string of the molecule is C=CC(=O)NCc1cccc(Oc2ccc(F)cc2)n1. The molecular formula is C15H13FN2O2. The Labute approximate surface area is 115 Å². The highest BCUT2D eigenvalue weighted by molar-refractivity contribution is 5.86. The average molecular weight is 272 g/mol. The molecule has 0 atom stereocenters. The van der Waals surface area contributed by atoms with Crippen LogP contribution in [0.3, 0.4) is 0 Å². The van der Waals surface area contributed by atoms with Crippen LogP contribution in [-0.4, -0.2) is 10.9 Å².